The van der Waals surface area contributed by atoms with Crippen molar-refractivity contribution in [3.63, 3.8) is 0 Å². The van der Waals surface area contributed by atoms with Crippen molar-refractivity contribution >= 4 is 15.9 Å². The summed E-state index contributed by atoms with van der Waals surface area (Å²) in [5.74, 6) is 0.301. The standard InChI is InChI=1S/C7H8BrNO2/c1-4-6(8)7(11-3)5(2)9-10/h4H,1-2H2,3H3/b7-6-. The Morgan fingerprint density at radius 1 is 1.73 bits per heavy atom. The lowest BCUT2D eigenvalue weighted by Crippen LogP contribution is -1.89. The summed E-state index contributed by atoms with van der Waals surface area (Å²) in [6.07, 6.45) is 1.50. The molecule has 0 aliphatic rings. The molecule has 0 aromatic carbocycles. The largest absolute Gasteiger partial charge is 0.493 e. The summed E-state index contributed by atoms with van der Waals surface area (Å²) in [5.41, 5.74) is 0.0410. The molecule has 60 valence electrons. The van der Waals surface area contributed by atoms with E-state index in [2.05, 4.69) is 34.3 Å². The van der Waals surface area contributed by atoms with E-state index in [0.29, 0.717) is 10.2 Å². The Morgan fingerprint density at radius 2 is 2.27 bits per heavy atom. The van der Waals surface area contributed by atoms with Crippen molar-refractivity contribution in [2.75, 3.05) is 7.11 Å². The van der Waals surface area contributed by atoms with Crippen LogP contribution in [0.5, 0.6) is 0 Å². The van der Waals surface area contributed by atoms with Crippen molar-refractivity contribution < 1.29 is 4.74 Å². The summed E-state index contributed by atoms with van der Waals surface area (Å²) in [7, 11) is 1.43. The Bertz CT molecular complexity index is 220. The van der Waals surface area contributed by atoms with E-state index in [4.69, 9.17) is 4.74 Å². The maximum Gasteiger partial charge on any atom is 0.161 e. The molecule has 0 N–H and O–H groups in total. The maximum absolute atomic E-state index is 10.0. The molecule has 0 unspecified atom stereocenters. The smallest absolute Gasteiger partial charge is 0.161 e. The highest BCUT2D eigenvalue weighted by atomic mass is 79.9. The molecule has 0 spiro atoms. The second-order valence-electron chi connectivity index (χ2n) is 1.62. The Labute approximate surface area is 73.5 Å². The van der Waals surface area contributed by atoms with Crippen molar-refractivity contribution in [1.29, 1.82) is 0 Å². The van der Waals surface area contributed by atoms with E-state index in [-0.39, 0.29) is 5.70 Å². The number of ether oxygens (including phenoxy) is 1. The van der Waals surface area contributed by atoms with Crippen molar-refractivity contribution in [2.24, 2.45) is 5.18 Å². The third kappa shape index (κ3) is 2.67. The Balaban J connectivity index is 4.78. The van der Waals surface area contributed by atoms with Crippen LogP contribution in [0.25, 0.3) is 0 Å². The van der Waals surface area contributed by atoms with E-state index in [1.165, 1.54) is 13.2 Å². The molecule has 0 saturated heterocycles. The van der Waals surface area contributed by atoms with Gasteiger partial charge in [-0.1, -0.05) is 19.2 Å². The van der Waals surface area contributed by atoms with Gasteiger partial charge in [0.15, 0.2) is 5.76 Å². The molecule has 0 atom stereocenters. The molecule has 0 heterocycles. The zero-order valence-corrected chi connectivity index (χ0v) is 7.72. The SMILES string of the molecule is C=C/C(Br)=C(/OC)C(=C)N=O. The first kappa shape index (κ1) is 10.1. The Morgan fingerprint density at radius 3 is 2.55 bits per heavy atom. The van der Waals surface area contributed by atoms with E-state index in [1.54, 1.807) is 0 Å². The molecular formula is C7H8BrNO2. The Hall–Kier alpha value is -0.900. The fraction of sp³-hybridized carbons (Fsp3) is 0.143. The highest BCUT2D eigenvalue weighted by Gasteiger charge is 2.05. The number of rotatable bonds is 4. The highest BCUT2D eigenvalue weighted by Crippen LogP contribution is 2.20. The molecule has 0 saturated carbocycles. The lowest BCUT2D eigenvalue weighted by atomic mass is 10.3. The summed E-state index contributed by atoms with van der Waals surface area (Å²) < 4.78 is 5.38. The number of halogens is 1. The molecule has 0 amide bonds. The van der Waals surface area contributed by atoms with E-state index >= 15 is 0 Å². The van der Waals surface area contributed by atoms with Gasteiger partial charge in [-0.3, -0.25) is 0 Å². The maximum atomic E-state index is 10.0. The predicted octanol–water partition coefficient (Wildman–Crippen LogP) is 2.71. The Kier molecular flexibility index (Phi) is 4.45. The van der Waals surface area contributed by atoms with Crippen LogP contribution in [-0.4, -0.2) is 7.11 Å². The minimum atomic E-state index is 0.0410. The van der Waals surface area contributed by atoms with Gasteiger partial charge in [0, 0.05) is 0 Å². The van der Waals surface area contributed by atoms with Crippen LogP contribution in [-0.2, 0) is 4.74 Å². The molecule has 0 aromatic rings. The summed E-state index contributed by atoms with van der Waals surface area (Å²) in [4.78, 5) is 10.0. The number of nitrogens with zero attached hydrogens (tertiary/aromatic N) is 1. The molecule has 3 nitrogen and oxygen atoms in total. The normalized spacial score (nSPS) is 11.5. The van der Waals surface area contributed by atoms with Crippen molar-refractivity contribution in [3.8, 4) is 0 Å². The van der Waals surface area contributed by atoms with Gasteiger partial charge in [0.05, 0.1) is 11.6 Å². The molecule has 11 heavy (non-hydrogen) atoms. The molecule has 0 aromatic heterocycles. The third-order valence-electron chi connectivity index (χ3n) is 0.973. The quantitative estimate of drug-likeness (QED) is 0.413. The van der Waals surface area contributed by atoms with E-state index in [1.807, 2.05) is 0 Å². The number of nitroso groups, excluding NO2 is 1. The molecule has 0 aliphatic carbocycles. The molecule has 0 aliphatic heterocycles. The summed E-state index contributed by atoms with van der Waals surface area (Å²) in [6, 6.07) is 0. The fourth-order valence-electron chi connectivity index (χ4n) is 0.487. The van der Waals surface area contributed by atoms with Crippen LogP contribution in [0, 0.1) is 4.91 Å². The molecule has 0 rings (SSSR count). The summed E-state index contributed by atoms with van der Waals surface area (Å²) >= 11 is 3.12. The van der Waals surface area contributed by atoms with Crippen LogP contribution in [0.1, 0.15) is 0 Å². The van der Waals surface area contributed by atoms with Gasteiger partial charge in [0.25, 0.3) is 0 Å². The van der Waals surface area contributed by atoms with Gasteiger partial charge in [0.2, 0.25) is 0 Å². The lowest BCUT2D eigenvalue weighted by molar-refractivity contribution is 0.299. The second kappa shape index (κ2) is 4.85. The zero-order chi connectivity index (χ0) is 8.85. The molecule has 0 fully saturated rings. The second-order valence-corrected chi connectivity index (χ2v) is 2.48. The topological polar surface area (TPSA) is 38.7 Å². The average molecular weight is 218 g/mol. The predicted molar refractivity (Wildman–Crippen MR) is 48.1 cm³/mol. The number of hydrogen-bond acceptors (Lipinski definition) is 3. The van der Waals surface area contributed by atoms with E-state index in [9.17, 15) is 4.91 Å². The van der Waals surface area contributed by atoms with Crippen LogP contribution in [0.2, 0.25) is 0 Å². The van der Waals surface area contributed by atoms with Gasteiger partial charge in [-0.2, -0.15) is 0 Å². The van der Waals surface area contributed by atoms with Gasteiger partial charge >= 0.3 is 0 Å². The number of hydrogen-bond donors (Lipinski definition) is 0. The lowest BCUT2D eigenvalue weighted by Gasteiger charge is -2.03. The minimum Gasteiger partial charge on any atom is -0.493 e. The van der Waals surface area contributed by atoms with Crippen molar-refractivity contribution in [3.05, 3.63) is 40.1 Å². The van der Waals surface area contributed by atoms with Gasteiger partial charge < -0.3 is 4.74 Å². The number of methoxy groups -OCH3 is 1. The molecule has 0 bridgehead atoms. The summed E-state index contributed by atoms with van der Waals surface area (Å²) in [5, 5.41) is 2.62. The van der Waals surface area contributed by atoms with Crippen molar-refractivity contribution in [2.45, 2.75) is 0 Å². The van der Waals surface area contributed by atoms with Crippen LogP contribution in [0.15, 0.2) is 40.3 Å². The molecule has 4 heteroatoms. The number of allylic oxidation sites excluding steroid dienone is 2. The third-order valence-corrected chi connectivity index (χ3v) is 1.66. The first-order valence-electron chi connectivity index (χ1n) is 2.76. The first-order chi connectivity index (χ1) is 5.17. The van der Waals surface area contributed by atoms with Crippen LogP contribution in [0.3, 0.4) is 0 Å². The van der Waals surface area contributed by atoms with Gasteiger partial charge in [-0.15, -0.1) is 4.91 Å². The monoisotopic (exact) mass is 217 g/mol. The van der Waals surface area contributed by atoms with Gasteiger partial charge in [-0.05, 0) is 21.1 Å². The van der Waals surface area contributed by atoms with E-state index in [0.717, 1.165) is 0 Å². The molecule has 0 radical (unpaired) electrons. The van der Waals surface area contributed by atoms with Crippen LogP contribution >= 0.6 is 15.9 Å². The zero-order valence-electron chi connectivity index (χ0n) is 6.13. The van der Waals surface area contributed by atoms with Gasteiger partial charge in [0.1, 0.15) is 5.70 Å². The van der Waals surface area contributed by atoms with Gasteiger partial charge in [-0.25, -0.2) is 0 Å². The van der Waals surface area contributed by atoms with Crippen LogP contribution < -0.4 is 0 Å². The average Bonchev–Trinajstić information content (AvgIpc) is 2.05. The summed E-state index contributed by atoms with van der Waals surface area (Å²) in [6.45, 7) is 6.85. The first-order valence-corrected chi connectivity index (χ1v) is 3.55. The van der Waals surface area contributed by atoms with Crippen molar-refractivity contribution in [1.82, 2.24) is 0 Å². The van der Waals surface area contributed by atoms with E-state index < -0.39 is 0 Å². The molecular weight excluding hydrogens is 210 g/mol. The highest BCUT2D eigenvalue weighted by molar-refractivity contribution is 9.11. The fourth-order valence-corrected chi connectivity index (χ4v) is 0.878. The minimum absolute atomic E-state index is 0.0410. The van der Waals surface area contributed by atoms with Crippen LogP contribution in [0.4, 0.5) is 0 Å².